The lowest BCUT2D eigenvalue weighted by Gasteiger charge is -2.12. The van der Waals surface area contributed by atoms with E-state index in [1.54, 1.807) is 0 Å². The molecule has 4 nitrogen and oxygen atoms in total. The first-order valence-electron chi connectivity index (χ1n) is 8.81. The van der Waals surface area contributed by atoms with Gasteiger partial charge >= 0.3 is 0 Å². The molecule has 0 aromatic heterocycles. The van der Waals surface area contributed by atoms with Gasteiger partial charge in [-0.1, -0.05) is 48.5 Å². The molecule has 0 aliphatic carbocycles. The van der Waals surface area contributed by atoms with Crippen LogP contribution in [0.5, 0.6) is 5.75 Å². The number of hydrogen-bond acceptors (Lipinski definition) is 4. The van der Waals surface area contributed by atoms with Gasteiger partial charge in [0.25, 0.3) is 0 Å². The molecule has 4 heteroatoms. The third kappa shape index (κ3) is 4.03. The third-order valence-corrected chi connectivity index (χ3v) is 4.25. The van der Waals surface area contributed by atoms with E-state index in [9.17, 15) is 0 Å². The maximum Gasteiger partial charge on any atom is 0.129 e. The molecule has 0 fully saturated rings. The van der Waals surface area contributed by atoms with Gasteiger partial charge in [0, 0.05) is 18.7 Å². The van der Waals surface area contributed by atoms with Crippen molar-refractivity contribution in [2.75, 3.05) is 16.9 Å². The van der Waals surface area contributed by atoms with E-state index in [1.165, 1.54) is 0 Å². The summed E-state index contributed by atoms with van der Waals surface area (Å²) in [6, 6.07) is 28.4. The monoisotopic (exact) mass is 343 g/mol. The van der Waals surface area contributed by atoms with Crippen molar-refractivity contribution >= 4 is 17.2 Å². The molecular weight excluding hydrogens is 322 g/mol. The van der Waals surface area contributed by atoms with Crippen LogP contribution in [0.4, 0.5) is 11.4 Å². The summed E-state index contributed by atoms with van der Waals surface area (Å²) in [5, 5.41) is 10.1. The van der Waals surface area contributed by atoms with Crippen LogP contribution in [0.1, 0.15) is 12.0 Å². The van der Waals surface area contributed by atoms with Crippen molar-refractivity contribution < 1.29 is 4.74 Å². The summed E-state index contributed by atoms with van der Waals surface area (Å²) < 4.78 is 5.83. The number of nitrogens with zero attached hydrogens (tertiary/aromatic N) is 2. The van der Waals surface area contributed by atoms with Crippen LogP contribution in [0.15, 0.2) is 90.0 Å². The Hall–Kier alpha value is -3.27. The van der Waals surface area contributed by atoms with Crippen LogP contribution in [0.25, 0.3) is 0 Å². The zero-order valence-electron chi connectivity index (χ0n) is 14.5. The maximum atomic E-state index is 5.83. The van der Waals surface area contributed by atoms with Crippen LogP contribution in [0.3, 0.4) is 0 Å². The maximum absolute atomic E-state index is 5.83. The van der Waals surface area contributed by atoms with Gasteiger partial charge in [-0.15, -0.1) is 0 Å². The van der Waals surface area contributed by atoms with Crippen LogP contribution in [0, 0.1) is 0 Å². The van der Waals surface area contributed by atoms with Crippen molar-refractivity contribution in [1.29, 1.82) is 0 Å². The van der Waals surface area contributed by atoms with E-state index in [-0.39, 0.29) is 0 Å². The second-order valence-electron chi connectivity index (χ2n) is 6.18. The molecule has 130 valence electrons. The standard InChI is InChI=1S/C22H21N3O/c1-3-7-18(8-4-1)17-26-21-13-11-19(12-14-21)23-22-15-16-25(24-22)20-9-5-2-6-10-20/h1-14H,15-17H2,(H,23,24). The molecule has 1 aliphatic heterocycles. The van der Waals surface area contributed by atoms with Crippen molar-refractivity contribution in [3.63, 3.8) is 0 Å². The van der Waals surface area contributed by atoms with Gasteiger partial charge in [0.15, 0.2) is 0 Å². The summed E-state index contributed by atoms with van der Waals surface area (Å²) in [6.07, 6.45) is 0.904. The number of rotatable bonds is 5. The first kappa shape index (κ1) is 16.2. The van der Waals surface area contributed by atoms with Crippen molar-refractivity contribution in [3.05, 3.63) is 90.5 Å². The summed E-state index contributed by atoms with van der Waals surface area (Å²) in [5.74, 6) is 1.84. The fraction of sp³-hybridized carbons (Fsp3) is 0.136. The summed E-state index contributed by atoms with van der Waals surface area (Å²) in [5.41, 5.74) is 3.30. The lowest BCUT2D eigenvalue weighted by molar-refractivity contribution is 0.306. The molecule has 0 radical (unpaired) electrons. The van der Waals surface area contributed by atoms with E-state index in [4.69, 9.17) is 4.74 Å². The Morgan fingerprint density at radius 1 is 0.846 bits per heavy atom. The number of hydrogen-bond donors (Lipinski definition) is 1. The first-order valence-corrected chi connectivity index (χ1v) is 8.81. The number of amidine groups is 1. The Bertz CT molecular complexity index is 861. The Morgan fingerprint density at radius 3 is 2.27 bits per heavy atom. The van der Waals surface area contributed by atoms with Crippen LogP contribution in [-0.2, 0) is 6.61 Å². The highest BCUT2D eigenvalue weighted by Crippen LogP contribution is 2.21. The second kappa shape index (κ2) is 7.74. The van der Waals surface area contributed by atoms with Crippen molar-refractivity contribution in [1.82, 2.24) is 0 Å². The minimum absolute atomic E-state index is 0.576. The van der Waals surface area contributed by atoms with E-state index in [1.807, 2.05) is 65.7 Å². The van der Waals surface area contributed by atoms with Gasteiger partial charge in [0.2, 0.25) is 0 Å². The molecule has 1 aliphatic rings. The molecule has 1 heterocycles. The van der Waals surface area contributed by atoms with Crippen molar-refractivity contribution in [2.45, 2.75) is 13.0 Å². The zero-order chi connectivity index (χ0) is 17.6. The number of nitrogens with one attached hydrogen (secondary N) is 1. The van der Waals surface area contributed by atoms with Gasteiger partial charge < -0.3 is 10.1 Å². The summed E-state index contributed by atoms with van der Waals surface area (Å²) in [6.45, 7) is 1.47. The van der Waals surface area contributed by atoms with Crippen LogP contribution in [0.2, 0.25) is 0 Å². The molecule has 1 N–H and O–H groups in total. The molecule has 0 bridgehead atoms. The molecule has 4 rings (SSSR count). The normalized spacial score (nSPS) is 13.4. The number of benzene rings is 3. The molecule has 0 spiro atoms. The fourth-order valence-corrected chi connectivity index (χ4v) is 2.87. The van der Waals surface area contributed by atoms with Gasteiger partial charge in [-0.2, -0.15) is 5.10 Å². The van der Waals surface area contributed by atoms with Crippen molar-refractivity contribution in [2.24, 2.45) is 5.10 Å². The summed E-state index contributed by atoms with van der Waals surface area (Å²) in [7, 11) is 0. The number of hydrazone groups is 1. The summed E-state index contributed by atoms with van der Waals surface area (Å²) in [4.78, 5) is 0. The summed E-state index contributed by atoms with van der Waals surface area (Å²) >= 11 is 0. The topological polar surface area (TPSA) is 36.9 Å². The lowest BCUT2D eigenvalue weighted by Crippen LogP contribution is -2.11. The van der Waals surface area contributed by atoms with Crippen LogP contribution in [-0.4, -0.2) is 12.4 Å². The number of anilines is 2. The highest BCUT2D eigenvalue weighted by Gasteiger charge is 2.15. The smallest absolute Gasteiger partial charge is 0.129 e. The molecule has 0 saturated heterocycles. The molecule has 0 amide bonds. The first-order chi connectivity index (χ1) is 12.9. The second-order valence-corrected chi connectivity index (χ2v) is 6.18. The van der Waals surface area contributed by atoms with Crippen LogP contribution < -0.4 is 15.1 Å². The third-order valence-electron chi connectivity index (χ3n) is 4.25. The Balaban J connectivity index is 1.34. The average molecular weight is 343 g/mol. The predicted molar refractivity (Wildman–Crippen MR) is 107 cm³/mol. The van der Waals surface area contributed by atoms with Gasteiger partial charge in [-0.3, -0.25) is 5.01 Å². The Labute approximate surface area is 153 Å². The molecule has 0 unspecified atom stereocenters. The molecule has 26 heavy (non-hydrogen) atoms. The SMILES string of the molecule is c1ccc(COc2ccc(NC3=NN(c4ccccc4)CC3)cc2)cc1. The highest BCUT2D eigenvalue weighted by atomic mass is 16.5. The molecule has 3 aromatic carbocycles. The minimum atomic E-state index is 0.576. The van der Waals surface area contributed by atoms with Gasteiger partial charge in [0.1, 0.15) is 18.2 Å². The van der Waals surface area contributed by atoms with E-state index in [2.05, 4.69) is 34.7 Å². The van der Waals surface area contributed by atoms with E-state index in [0.29, 0.717) is 6.61 Å². The predicted octanol–water partition coefficient (Wildman–Crippen LogP) is 4.90. The Morgan fingerprint density at radius 2 is 1.54 bits per heavy atom. The Kier molecular flexibility index (Phi) is 4.83. The van der Waals surface area contributed by atoms with Gasteiger partial charge in [-0.05, 0) is 42.0 Å². The molecule has 0 saturated carbocycles. The quantitative estimate of drug-likeness (QED) is 0.716. The zero-order valence-corrected chi connectivity index (χ0v) is 14.5. The van der Waals surface area contributed by atoms with Crippen molar-refractivity contribution in [3.8, 4) is 5.75 Å². The minimum Gasteiger partial charge on any atom is -0.489 e. The molecule has 0 atom stereocenters. The van der Waals surface area contributed by atoms with Gasteiger partial charge in [-0.25, -0.2) is 0 Å². The largest absolute Gasteiger partial charge is 0.489 e. The molecule has 3 aromatic rings. The van der Waals surface area contributed by atoms with Gasteiger partial charge in [0.05, 0.1) is 5.69 Å². The van der Waals surface area contributed by atoms with E-state index in [0.717, 1.165) is 41.5 Å². The molecular formula is C22H21N3O. The van der Waals surface area contributed by atoms with E-state index >= 15 is 0 Å². The number of ether oxygens (including phenoxy) is 1. The van der Waals surface area contributed by atoms with E-state index < -0.39 is 0 Å². The highest BCUT2D eigenvalue weighted by molar-refractivity contribution is 5.97. The number of para-hydroxylation sites is 1. The lowest BCUT2D eigenvalue weighted by atomic mass is 10.2. The van der Waals surface area contributed by atoms with Crippen LogP contribution >= 0.6 is 0 Å². The average Bonchev–Trinajstić information content (AvgIpc) is 3.17. The fourth-order valence-electron chi connectivity index (χ4n) is 2.87.